The van der Waals surface area contributed by atoms with E-state index in [1.165, 1.54) is 16.4 Å². The van der Waals surface area contributed by atoms with Gasteiger partial charge in [0.25, 0.3) is 15.9 Å². The summed E-state index contributed by atoms with van der Waals surface area (Å²) in [4.78, 5) is 27.9. The lowest BCUT2D eigenvalue weighted by Crippen LogP contribution is -2.40. The average Bonchev–Trinajstić information content (AvgIpc) is 3.13. The van der Waals surface area contributed by atoms with Crippen molar-refractivity contribution in [3.63, 3.8) is 0 Å². The first-order chi connectivity index (χ1) is 17.8. The smallest absolute Gasteiger partial charge is 0.283 e. The molecule has 1 fully saturated rings. The van der Waals surface area contributed by atoms with Gasteiger partial charge in [0.05, 0.1) is 11.3 Å². The molecule has 4 rings (SSSR count). The number of nitrogen functional groups attached to an aromatic ring is 1. The molecule has 11 heteroatoms. The molecule has 1 amide bonds. The highest BCUT2D eigenvalue weighted by atomic mass is 32.2. The van der Waals surface area contributed by atoms with Gasteiger partial charge in [0.2, 0.25) is 0 Å². The minimum absolute atomic E-state index is 0.0201. The van der Waals surface area contributed by atoms with Gasteiger partial charge in [-0.2, -0.15) is 8.42 Å². The van der Waals surface area contributed by atoms with E-state index in [1.54, 1.807) is 36.5 Å². The number of anilines is 3. The van der Waals surface area contributed by atoms with Crippen molar-refractivity contribution in [3.8, 4) is 11.3 Å². The van der Waals surface area contributed by atoms with E-state index in [1.807, 2.05) is 13.8 Å². The topological polar surface area (TPSA) is 148 Å². The van der Waals surface area contributed by atoms with Gasteiger partial charge in [-0.15, -0.1) is 0 Å². The average molecular weight is 538 g/mol. The summed E-state index contributed by atoms with van der Waals surface area (Å²) < 4.78 is 28.9. The van der Waals surface area contributed by atoms with Crippen LogP contribution in [0.3, 0.4) is 0 Å². The van der Waals surface area contributed by atoms with Crippen molar-refractivity contribution in [1.82, 2.24) is 15.0 Å². The molecule has 10 nitrogen and oxygen atoms in total. The molecule has 0 aromatic carbocycles. The van der Waals surface area contributed by atoms with Crippen LogP contribution in [0, 0.1) is 11.8 Å². The number of amides is 1. The van der Waals surface area contributed by atoms with E-state index in [2.05, 4.69) is 35.6 Å². The van der Waals surface area contributed by atoms with Crippen molar-refractivity contribution in [2.45, 2.75) is 51.6 Å². The Hall–Kier alpha value is -3.73. The maximum atomic E-state index is 13.8. The van der Waals surface area contributed by atoms with E-state index in [4.69, 9.17) is 16.5 Å². The van der Waals surface area contributed by atoms with Gasteiger partial charge in [-0.1, -0.05) is 26.8 Å². The standard InChI is InChI=1S/C27H35N7O3S/c1-17(2)15-34(38(36,37)23-10-6-9-22(28)32-23)25-19(8-7-13-30-25)21-12-11-20(24(29)35)26(31-21)33-16-18(3)14-27(33,4)5/h6-13,17-18H,14-16H2,1-5H3,(H2,28,32)(H2,29,35). The van der Waals surface area contributed by atoms with Crippen LogP contribution in [0.25, 0.3) is 11.3 Å². The summed E-state index contributed by atoms with van der Waals surface area (Å²) >= 11 is 0. The Bertz CT molecular complexity index is 1460. The molecule has 1 unspecified atom stereocenters. The van der Waals surface area contributed by atoms with Gasteiger partial charge in [0.1, 0.15) is 11.6 Å². The molecule has 0 saturated carbocycles. The minimum atomic E-state index is -4.11. The van der Waals surface area contributed by atoms with E-state index >= 15 is 0 Å². The van der Waals surface area contributed by atoms with Crippen LogP contribution in [0.2, 0.25) is 0 Å². The van der Waals surface area contributed by atoms with E-state index < -0.39 is 15.9 Å². The number of hydrogen-bond acceptors (Lipinski definition) is 8. The molecule has 0 radical (unpaired) electrons. The van der Waals surface area contributed by atoms with Crippen LogP contribution in [0.15, 0.2) is 53.7 Å². The number of primary amides is 1. The van der Waals surface area contributed by atoms with E-state index in [0.29, 0.717) is 28.6 Å². The Labute approximate surface area is 224 Å². The third kappa shape index (κ3) is 5.28. The quantitative estimate of drug-likeness (QED) is 0.442. The first-order valence-electron chi connectivity index (χ1n) is 12.6. The summed E-state index contributed by atoms with van der Waals surface area (Å²) in [6, 6.07) is 11.3. The zero-order valence-corrected chi connectivity index (χ0v) is 23.2. The Morgan fingerprint density at radius 1 is 1.16 bits per heavy atom. The molecule has 3 aromatic heterocycles. The predicted molar refractivity (Wildman–Crippen MR) is 149 cm³/mol. The van der Waals surface area contributed by atoms with Gasteiger partial charge in [-0.3, -0.25) is 4.79 Å². The van der Waals surface area contributed by atoms with Gasteiger partial charge >= 0.3 is 0 Å². The Morgan fingerprint density at radius 3 is 2.50 bits per heavy atom. The molecule has 1 atom stereocenters. The molecule has 0 aliphatic carbocycles. The van der Waals surface area contributed by atoms with Crippen LogP contribution in [0.1, 0.15) is 51.4 Å². The molecule has 4 heterocycles. The van der Waals surface area contributed by atoms with Crippen molar-refractivity contribution in [3.05, 3.63) is 54.2 Å². The lowest BCUT2D eigenvalue weighted by Gasteiger charge is -2.34. The number of aromatic nitrogens is 3. The number of nitrogens with zero attached hydrogens (tertiary/aromatic N) is 5. The summed E-state index contributed by atoms with van der Waals surface area (Å²) in [5.74, 6) is 0.612. The fraction of sp³-hybridized carbons (Fsp3) is 0.407. The Morgan fingerprint density at radius 2 is 1.89 bits per heavy atom. The van der Waals surface area contributed by atoms with Crippen molar-refractivity contribution in [2.75, 3.05) is 28.0 Å². The molecular formula is C27H35N7O3S. The lowest BCUT2D eigenvalue weighted by molar-refractivity contribution is 0.100. The summed E-state index contributed by atoms with van der Waals surface area (Å²) in [5, 5.41) is -0.166. The predicted octanol–water partition coefficient (Wildman–Crippen LogP) is 3.70. The molecule has 0 spiro atoms. The van der Waals surface area contributed by atoms with Crippen LogP contribution >= 0.6 is 0 Å². The molecule has 4 N–H and O–H groups in total. The molecule has 0 bridgehead atoms. The maximum absolute atomic E-state index is 13.8. The number of pyridine rings is 3. The number of rotatable bonds is 8. The SMILES string of the molecule is CC(C)CN(c1ncccc1-c1ccc(C(N)=O)c(N2CC(C)CC2(C)C)n1)S(=O)(=O)c1cccc(N)n1. The summed E-state index contributed by atoms with van der Waals surface area (Å²) in [6.45, 7) is 11.1. The summed E-state index contributed by atoms with van der Waals surface area (Å²) in [7, 11) is -4.11. The van der Waals surface area contributed by atoms with Crippen molar-refractivity contribution in [2.24, 2.45) is 17.6 Å². The van der Waals surface area contributed by atoms with Gasteiger partial charge in [0, 0.05) is 30.4 Å². The van der Waals surface area contributed by atoms with Crippen LogP contribution in [0.4, 0.5) is 17.5 Å². The Balaban J connectivity index is 1.90. The molecule has 1 saturated heterocycles. The van der Waals surface area contributed by atoms with E-state index in [9.17, 15) is 13.2 Å². The highest BCUT2D eigenvalue weighted by Crippen LogP contribution is 2.39. The second kappa shape index (κ2) is 10.2. The fourth-order valence-electron chi connectivity index (χ4n) is 5.07. The van der Waals surface area contributed by atoms with Crippen LogP contribution in [0.5, 0.6) is 0 Å². The lowest BCUT2D eigenvalue weighted by atomic mass is 9.97. The zero-order valence-electron chi connectivity index (χ0n) is 22.4. The zero-order chi connectivity index (χ0) is 27.8. The number of nitrogens with two attached hydrogens (primary N) is 2. The number of carbonyl (C=O) groups is 1. The molecule has 3 aromatic rings. The third-order valence-corrected chi connectivity index (χ3v) is 8.26. The third-order valence-electron chi connectivity index (χ3n) is 6.60. The van der Waals surface area contributed by atoms with E-state index in [0.717, 1.165) is 13.0 Å². The highest BCUT2D eigenvalue weighted by Gasteiger charge is 2.39. The second-order valence-electron chi connectivity index (χ2n) is 10.9. The van der Waals surface area contributed by atoms with Crippen molar-refractivity contribution >= 4 is 33.4 Å². The molecule has 1 aliphatic heterocycles. The second-order valence-corrected chi connectivity index (χ2v) is 12.7. The fourth-order valence-corrected chi connectivity index (χ4v) is 6.63. The highest BCUT2D eigenvalue weighted by molar-refractivity contribution is 7.92. The number of carbonyl (C=O) groups excluding carboxylic acids is 1. The largest absolute Gasteiger partial charge is 0.384 e. The summed E-state index contributed by atoms with van der Waals surface area (Å²) in [6.07, 6.45) is 2.47. The van der Waals surface area contributed by atoms with E-state index in [-0.39, 0.29) is 34.7 Å². The first kappa shape index (κ1) is 27.3. The first-order valence-corrected chi connectivity index (χ1v) is 14.0. The molecule has 1 aliphatic rings. The maximum Gasteiger partial charge on any atom is 0.283 e. The van der Waals surface area contributed by atoms with Crippen molar-refractivity contribution in [1.29, 1.82) is 0 Å². The van der Waals surface area contributed by atoms with Gasteiger partial charge in [-0.25, -0.2) is 19.3 Å². The van der Waals surface area contributed by atoms with Gasteiger partial charge in [0.15, 0.2) is 10.8 Å². The molecular weight excluding hydrogens is 502 g/mol. The van der Waals surface area contributed by atoms with Crippen molar-refractivity contribution < 1.29 is 13.2 Å². The monoisotopic (exact) mass is 537 g/mol. The molecule has 38 heavy (non-hydrogen) atoms. The van der Waals surface area contributed by atoms with Crippen LogP contribution < -0.4 is 20.7 Å². The number of hydrogen-bond donors (Lipinski definition) is 2. The normalized spacial score (nSPS) is 17.1. The minimum Gasteiger partial charge on any atom is -0.384 e. The molecule has 202 valence electrons. The van der Waals surface area contributed by atoms with Gasteiger partial charge < -0.3 is 16.4 Å². The Kier molecular flexibility index (Phi) is 7.33. The van der Waals surface area contributed by atoms with Crippen LogP contribution in [-0.4, -0.2) is 47.9 Å². The summed E-state index contributed by atoms with van der Waals surface area (Å²) in [5.41, 5.74) is 12.6. The van der Waals surface area contributed by atoms with Gasteiger partial charge in [-0.05, 0) is 68.5 Å². The number of sulfonamides is 1. The van der Waals surface area contributed by atoms with Crippen LogP contribution in [-0.2, 0) is 10.0 Å².